The summed E-state index contributed by atoms with van der Waals surface area (Å²) in [6.45, 7) is 12.9. The Morgan fingerprint density at radius 3 is 2.43 bits per heavy atom. The predicted molar refractivity (Wildman–Crippen MR) is 157 cm³/mol. The van der Waals surface area contributed by atoms with Crippen LogP contribution in [-0.2, 0) is 19.0 Å². The van der Waals surface area contributed by atoms with E-state index in [0.29, 0.717) is 6.42 Å². The Bertz CT molecular complexity index is 697. The number of ether oxygens (including phenoxy) is 3. The number of methoxy groups -OCH3 is 1. The molecule has 1 heterocycles. The second-order valence-corrected chi connectivity index (χ2v) is 10.9. The van der Waals surface area contributed by atoms with Crippen LogP contribution in [-0.4, -0.2) is 55.9 Å². The minimum absolute atomic E-state index is 0.148. The molecule has 1 amide bonds. The molecule has 0 saturated heterocycles. The number of allylic oxidation sites excluding steroid dienone is 2. The van der Waals surface area contributed by atoms with E-state index in [4.69, 9.17) is 14.2 Å². The SMILES string of the molecule is C/C=C(/CC(NC(=O)OCOC)C1=NC(C)(C)C(=O)O1)N=CCCC.C=CCCCCC.CSI. The smallest absolute Gasteiger partial charge is 0.409 e. The molecule has 202 valence electrons. The molecule has 0 saturated carbocycles. The highest BCUT2D eigenvalue weighted by Crippen LogP contribution is 2.22. The van der Waals surface area contributed by atoms with Crippen molar-refractivity contribution in [3.63, 3.8) is 0 Å². The Kier molecular flexibility index (Phi) is 23.5. The van der Waals surface area contributed by atoms with Crippen molar-refractivity contribution in [3.05, 3.63) is 24.4 Å². The first kappa shape index (κ1) is 35.8. The van der Waals surface area contributed by atoms with E-state index in [1.807, 2.05) is 31.5 Å². The van der Waals surface area contributed by atoms with Gasteiger partial charge in [0.15, 0.2) is 12.3 Å². The average molecular weight is 626 g/mol. The molecule has 0 aromatic rings. The fourth-order valence-electron chi connectivity index (χ4n) is 2.51. The summed E-state index contributed by atoms with van der Waals surface area (Å²) in [6, 6.07) is -0.667. The van der Waals surface area contributed by atoms with Crippen molar-refractivity contribution in [2.24, 2.45) is 9.98 Å². The molecule has 0 spiro atoms. The van der Waals surface area contributed by atoms with Crippen molar-refractivity contribution in [2.75, 3.05) is 20.2 Å². The molecule has 35 heavy (non-hydrogen) atoms. The summed E-state index contributed by atoms with van der Waals surface area (Å²) < 4.78 is 14.8. The summed E-state index contributed by atoms with van der Waals surface area (Å²) in [5.74, 6) is -0.314. The van der Waals surface area contributed by atoms with Gasteiger partial charge in [-0.05, 0) is 67.5 Å². The zero-order chi connectivity index (χ0) is 27.1. The molecule has 8 nitrogen and oxygen atoms in total. The molecular formula is C25H44IN3O5S. The lowest BCUT2D eigenvalue weighted by atomic mass is 10.1. The number of carbonyl (C=O) groups excluding carboxylic acids is 2. The molecule has 1 rings (SSSR count). The Hall–Kier alpha value is -1.40. The summed E-state index contributed by atoms with van der Waals surface area (Å²) in [6.07, 6.45) is 14.3. The number of hydrogen-bond acceptors (Lipinski definition) is 8. The van der Waals surface area contributed by atoms with Gasteiger partial charge in [0, 0.05) is 25.4 Å². The van der Waals surface area contributed by atoms with Crippen molar-refractivity contribution in [1.29, 1.82) is 0 Å². The first-order chi connectivity index (χ1) is 16.7. The molecule has 1 N–H and O–H groups in total. The number of alkyl carbamates (subject to hydrolysis) is 1. The first-order valence-electron chi connectivity index (χ1n) is 11.8. The molecule has 1 unspecified atom stereocenters. The van der Waals surface area contributed by atoms with Gasteiger partial charge in [0.2, 0.25) is 5.90 Å². The maximum atomic E-state index is 11.9. The van der Waals surface area contributed by atoms with E-state index < -0.39 is 23.6 Å². The Morgan fingerprint density at radius 2 is 1.97 bits per heavy atom. The van der Waals surface area contributed by atoms with Crippen LogP contribution in [0.15, 0.2) is 34.4 Å². The third kappa shape index (κ3) is 18.5. The summed E-state index contributed by atoms with van der Waals surface area (Å²) in [5.41, 5.74) is -0.235. The normalized spacial score (nSPS) is 15.1. The maximum Gasteiger partial charge on any atom is 0.409 e. The molecule has 0 aromatic heterocycles. The van der Waals surface area contributed by atoms with E-state index in [9.17, 15) is 9.59 Å². The minimum atomic E-state index is -0.979. The van der Waals surface area contributed by atoms with Crippen molar-refractivity contribution >= 4 is 54.3 Å². The van der Waals surface area contributed by atoms with Crippen molar-refractivity contribution < 1.29 is 23.8 Å². The van der Waals surface area contributed by atoms with Gasteiger partial charge < -0.3 is 19.5 Å². The van der Waals surface area contributed by atoms with Gasteiger partial charge in [-0.25, -0.2) is 14.6 Å². The van der Waals surface area contributed by atoms with E-state index in [1.54, 1.807) is 22.8 Å². The molecular weight excluding hydrogens is 581 g/mol. The number of hydrogen-bond donors (Lipinski definition) is 1. The highest BCUT2D eigenvalue weighted by atomic mass is 127. The van der Waals surface area contributed by atoms with Gasteiger partial charge in [-0.3, -0.25) is 4.99 Å². The molecule has 0 aromatic carbocycles. The van der Waals surface area contributed by atoms with Crippen LogP contribution in [0.3, 0.4) is 0 Å². The Labute approximate surface area is 228 Å². The summed E-state index contributed by atoms with van der Waals surface area (Å²) in [7, 11) is 3.13. The van der Waals surface area contributed by atoms with Crippen LogP contribution in [0.25, 0.3) is 0 Å². The van der Waals surface area contributed by atoms with E-state index >= 15 is 0 Å². The van der Waals surface area contributed by atoms with Crippen LogP contribution in [0.4, 0.5) is 4.79 Å². The number of unbranched alkanes of at least 4 members (excludes halogenated alkanes) is 4. The number of cyclic esters (lactones) is 1. The second-order valence-electron chi connectivity index (χ2n) is 7.96. The molecule has 0 fully saturated rings. The van der Waals surface area contributed by atoms with Crippen LogP contribution >= 0.6 is 30.1 Å². The fraction of sp³-hybridized carbons (Fsp3) is 0.680. The standard InChI is InChI=1S/C17H27N3O5.C7H14.CH3IS/c1-6-8-9-18-12(7-2)10-13(19-16(22)24-11-23-5)14-20-17(3,4)15(21)25-14;1-3-5-7-6-4-2;1-3-2/h7,9,13H,6,8,10-11H2,1-5H3,(H,19,22);3H,1,4-7H2,2H3;1H3/b12-7-,18-9?;;. The zero-order valence-electron chi connectivity index (χ0n) is 22.4. The lowest BCUT2D eigenvalue weighted by molar-refractivity contribution is -0.138. The molecule has 0 aliphatic carbocycles. The van der Waals surface area contributed by atoms with Gasteiger partial charge in [-0.2, -0.15) is 0 Å². The second kappa shape index (κ2) is 23.0. The van der Waals surface area contributed by atoms with Crippen molar-refractivity contribution in [1.82, 2.24) is 5.32 Å². The Balaban J connectivity index is 0. The van der Waals surface area contributed by atoms with Crippen LogP contribution < -0.4 is 5.32 Å². The van der Waals surface area contributed by atoms with Crippen LogP contribution in [0, 0.1) is 0 Å². The molecule has 10 heteroatoms. The molecule has 1 atom stereocenters. The van der Waals surface area contributed by atoms with Gasteiger partial charge in [0.05, 0.1) is 0 Å². The average Bonchev–Trinajstić information content (AvgIpc) is 3.10. The van der Waals surface area contributed by atoms with Gasteiger partial charge in [0.1, 0.15) is 6.04 Å². The third-order valence-electron chi connectivity index (χ3n) is 4.42. The third-order valence-corrected chi connectivity index (χ3v) is 4.42. The van der Waals surface area contributed by atoms with Gasteiger partial charge in [0.25, 0.3) is 0 Å². The number of nitrogens with zero attached hydrogens (tertiary/aromatic N) is 2. The Morgan fingerprint density at radius 1 is 1.31 bits per heavy atom. The lowest BCUT2D eigenvalue weighted by Crippen LogP contribution is -2.42. The minimum Gasteiger partial charge on any atom is -0.422 e. The largest absolute Gasteiger partial charge is 0.422 e. The van der Waals surface area contributed by atoms with E-state index in [2.05, 4.69) is 56.9 Å². The number of nitrogens with one attached hydrogen (secondary N) is 1. The van der Waals surface area contributed by atoms with Crippen LogP contribution in [0.1, 0.15) is 79.6 Å². The highest BCUT2D eigenvalue weighted by Gasteiger charge is 2.40. The van der Waals surface area contributed by atoms with E-state index in [1.165, 1.54) is 32.8 Å². The summed E-state index contributed by atoms with van der Waals surface area (Å²) in [5, 5.41) is 2.64. The van der Waals surface area contributed by atoms with Crippen LogP contribution in [0.2, 0.25) is 0 Å². The fourth-order valence-corrected chi connectivity index (χ4v) is 2.51. The topological polar surface area (TPSA) is 98.6 Å². The molecule has 0 bridgehead atoms. The van der Waals surface area contributed by atoms with Gasteiger partial charge in [-0.1, -0.05) is 54.2 Å². The first-order valence-corrected chi connectivity index (χ1v) is 15.6. The molecule has 1 aliphatic rings. The van der Waals surface area contributed by atoms with Crippen molar-refractivity contribution in [2.45, 2.75) is 91.1 Å². The van der Waals surface area contributed by atoms with E-state index in [-0.39, 0.29) is 12.7 Å². The summed E-state index contributed by atoms with van der Waals surface area (Å²) >= 11 is 2.20. The number of aliphatic imine (C=N–C) groups is 2. The van der Waals surface area contributed by atoms with Gasteiger partial charge >= 0.3 is 12.1 Å². The lowest BCUT2D eigenvalue weighted by Gasteiger charge is -2.17. The predicted octanol–water partition coefficient (Wildman–Crippen LogP) is 7.04. The number of halogens is 1. The van der Waals surface area contributed by atoms with Crippen LogP contribution in [0.5, 0.6) is 0 Å². The molecule has 1 aliphatic heterocycles. The number of amides is 1. The maximum absolute atomic E-state index is 11.9. The number of rotatable bonds is 13. The monoisotopic (exact) mass is 625 g/mol. The highest BCUT2D eigenvalue weighted by molar-refractivity contribution is 14.2. The zero-order valence-corrected chi connectivity index (χ0v) is 25.4. The number of esters is 1. The van der Waals surface area contributed by atoms with E-state index in [0.717, 1.165) is 18.5 Å². The van der Waals surface area contributed by atoms with Gasteiger partial charge in [-0.15, -0.1) is 6.58 Å². The quantitative estimate of drug-likeness (QED) is 0.0589. The molecule has 0 radical (unpaired) electrons. The van der Waals surface area contributed by atoms with Crippen molar-refractivity contribution in [3.8, 4) is 0 Å². The number of carbonyl (C=O) groups is 2. The summed E-state index contributed by atoms with van der Waals surface area (Å²) in [4.78, 5) is 32.4.